The van der Waals surface area contributed by atoms with Crippen LogP contribution in [-0.4, -0.2) is 15.3 Å². The molecule has 0 spiro atoms. The van der Waals surface area contributed by atoms with E-state index < -0.39 is 0 Å². The molecule has 3 N–H and O–H groups in total. The zero-order chi connectivity index (χ0) is 12.3. The zero-order valence-corrected chi connectivity index (χ0v) is 9.04. The summed E-state index contributed by atoms with van der Waals surface area (Å²) < 4.78 is 0. The van der Waals surface area contributed by atoms with Crippen LogP contribution in [-0.2, 0) is 0 Å². The molecule has 86 valence electrons. The van der Waals surface area contributed by atoms with Crippen molar-refractivity contribution in [2.45, 2.75) is 0 Å². The van der Waals surface area contributed by atoms with E-state index in [-0.39, 0.29) is 17.2 Å². The van der Waals surface area contributed by atoms with Crippen molar-refractivity contribution in [1.82, 2.24) is 0 Å². The van der Waals surface area contributed by atoms with E-state index in [1.54, 1.807) is 36.4 Å². The van der Waals surface area contributed by atoms with Gasteiger partial charge in [0.15, 0.2) is 11.5 Å². The van der Waals surface area contributed by atoms with Crippen LogP contribution in [0.25, 0.3) is 12.2 Å². The molecule has 0 aliphatic carbocycles. The third kappa shape index (κ3) is 2.58. The summed E-state index contributed by atoms with van der Waals surface area (Å²) in [7, 11) is 0. The maximum absolute atomic E-state index is 9.55. The summed E-state index contributed by atoms with van der Waals surface area (Å²) in [4.78, 5) is 0. The van der Waals surface area contributed by atoms with Crippen molar-refractivity contribution < 1.29 is 15.3 Å². The highest BCUT2D eigenvalue weighted by Gasteiger charge is 1.98. The molecular weight excluding hydrogens is 216 g/mol. The lowest BCUT2D eigenvalue weighted by Crippen LogP contribution is -1.75. The molecule has 0 amide bonds. The first-order chi connectivity index (χ1) is 8.16. The van der Waals surface area contributed by atoms with Gasteiger partial charge in [-0.25, -0.2) is 0 Å². The molecule has 3 nitrogen and oxygen atoms in total. The molecule has 0 unspecified atom stereocenters. The lowest BCUT2D eigenvalue weighted by atomic mass is 10.1. The molecule has 2 aromatic rings. The van der Waals surface area contributed by atoms with Crippen LogP contribution in [0.15, 0.2) is 42.5 Å². The zero-order valence-electron chi connectivity index (χ0n) is 9.04. The van der Waals surface area contributed by atoms with Crippen molar-refractivity contribution in [2.24, 2.45) is 0 Å². The molecule has 2 rings (SSSR count). The summed E-state index contributed by atoms with van der Waals surface area (Å²) >= 11 is 0. The van der Waals surface area contributed by atoms with E-state index in [1.165, 1.54) is 12.1 Å². The highest BCUT2D eigenvalue weighted by molar-refractivity contribution is 5.73. The van der Waals surface area contributed by atoms with Gasteiger partial charge in [-0.15, -0.1) is 0 Å². The second-order valence-corrected chi connectivity index (χ2v) is 3.64. The van der Waals surface area contributed by atoms with E-state index in [2.05, 4.69) is 0 Å². The van der Waals surface area contributed by atoms with Crippen molar-refractivity contribution in [3.8, 4) is 17.2 Å². The average Bonchev–Trinajstić information content (AvgIpc) is 2.32. The molecule has 0 saturated heterocycles. The van der Waals surface area contributed by atoms with Crippen LogP contribution in [0.1, 0.15) is 11.1 Å². The average molecular weight is 228 g/mol. The van der Waals surface area contributed by atoms with Gasteiger partial charge in [0.05, 0.1) is 0 Å². The van der Waals surface area contributed by atoms with Gasteiger partial charge in [-0.1, -0.05) is 36.4 Å². The van der Waals surface area contributed by atoms with Crippen molar-refractivity contribution in [2.75, 3.05) is 0 Å². The molecule has 3 heteroatoms. The molecule has 0 aliphatic heterocycles. The SMILES string of the molecule is Oc1ccc(C=Cc2ccccc2O)cc1O. The number of phenols is 3. The Morgan fingerprint density at radius 2 is 1.47 bits per heavy atom. The molecule has 0 fully saturated rings. The maximum atomic E-state index is 9.55. The van der Waals surface area contributed by atoms with Gasteiger partial charge in [-0.2, -0.15) is 0 Å². The normalized spacial score (nSPS) is 10.8. The minimum absolute atomic E-state index is 0.148. The Morgan fingerprint density at radius 1 is 0.706 bits per heavy atom. The van der Waals surface area contributed by atoms with Gasteiger partial charge in [-0.05, 0) is 23.8 Å². The molecule has 0 saturated carbocycles. The molecule has 0 atom stereocenters. The smallest absolute Gasteiger partial charge is 0.157 e. The maximum Gasteiger partial charge on any atom is 0.157 e. The molecule has 0 aliphatic rings. The molecule has 0 heterocycles. The highest BCUT2D eigenvalue weighted by atomic mass is 16.3. The Morgan fingerprint density at radius 3 is 2.18 bits per heavy atom. The van der Waals surface area contributed by atoms with Gasteiger partial charge in [0.1, 0.15) is 5.75 Å². The fourth-order valence-electron chi connectivity index (χ4n) is 1.46. The Hall–Kier alpha value is -2.42. The number of phenolic OH excluding ortho intramolecular Hbond substituents is 3. The predicted molar refractivity (Wildman–Crippen MR) is 66.8 cm³/mol. The molecule has 0 bridgehead atoms. The second-order valence-electron chi connectivity index (χ2n) is 3.64. The summed E-state index contributed by atoms with van der Waals surface area (Å²) in [6.07, 6.45) is 3.48. The monoisotopic (exact) mass is 228 g/mol. The van der Waals surface area contributed by atoms with Crippen molar-refractivity contribution in [1.29, 1.82) is 0 Å². The number of hydrogen-bond donors (Lipinski definition) is 3. The molecule has 2 aromatic carbocycles. The quantitative estimate of drug-likeness (QED) is 0.547. The van der Waals surface area contributed by atoms with Gasteiger partial charge >= 0.3 is 0 Å². The number of benzene rings is 2. The Bertz CT molecular complexity index is 559. The first-order valence-electron chi connectivity index (χ1n) is 5.15. The minimum Gasteiger partial charge on any atom is -0.507 e. The van der Waals surface area contributed by atoms with Crippen molar-refractivity contribution >= 4 is 12.2 Å². The van der Waals surface area contributed by atoms with Crippen LogP contribution >= 0.6 is 0 Å². The van der Waals surface area contributed by atoms with Crippen molar-refractivity contribution in [3.05, 3.63) is 53.6 Å². The van der Waals surface area contributed by atoms with E-state index in [1.807, 2.05) is 6.07 Å². The van der Waals surface area contributed by atoms with Crippen LogP contribution in [0.3, 0.4) is 0 Å². The number of para-hydroxylation sites is 1. The van der Waals surface area contributed by atoms with E-state index in [4.69, 9.17) is 5.11 Å². The lowest BCUT2D eigenvalue weighted by Gasteiger charge is -2.00. The third-order valence-electron chi connectivity index (χ3n) is 2.39. The highest BCUT2D eigenvalue weighted by Crippen LogP contribution is 2.26. The summed E-state index contributed by atoms with van der Waals surface area (Å²) in [5, 5.41) is 28.0. The van der Waals surface area contributed by atoms with E-state index in [9.17, 15) is 10.2 Å². The van der Waals surface area contributed by atoms with Crippen molar-refractivity contribution in [3.63, 3.8) is 0 Å². The second kappa shape index (κ2) is 4.61. The largest absolute Gasteiger partial charge is 0.507 e. The predicted octanol–water partition coefficient (Wildman–Crippen LogP) is 2.97. The van der Waals surface area contributed by atoms with Crippen LogP contribution in [0.2, 0.25) is 0 Å². The van der Waals surface area contributed by atoms with E-state index in [0.29, 0.717) is 5.56 Å². The third-order valence-corrected chi connectivity index (χ3v) is 2.39. The number of rotatable bonds is 2. The fraction of sp³-hybridized carbons (Fsp3) is 0. The first kappa shape index (κ1) is 11.1. The van der Waals surface area contributed by atoms with Gasteiger partial charge in [-0.3, -0.25) is 0 Å². The van der Waals surface area contributed by atoms with Gasteiger partial charge in [0.2, 0.25) is 0 Å². The molecule has 0 radical (unpaired) electrons. The first-order valence-corrected chi connectivity index (χ1v) is 5.15. The lowest BCUT2D eigenvalue weighted by molar-refractivity contribution is 0.403. The van der Waals surface area contributed by atoms with Crippen LogP contribution in [0.5, 0.6) is 17.2 Å². The minimum atomic E-state index is -0.163. The fourth-order valence-corrected chi connectivity index (χ4v) is 1.46. The standard InChI is InChI=1S/C14H12O3/c15-12-4-2-1-3-11(12)7-5-10-6-8-13(16)14(17)9-10/h1-9,15-17H. The summed E-state index contributed by atoms with van der Waals surface area (Å²) in [5.41, 5.74) is 1.43. The number of aromatic hydroxyl groups is 3. The Labute approximate surface area is 98.9 Å². The molecule has 0 aromatic heterocycles. The molecular formula is C14H12O3. The Balaban J connectivity index is 2.26. The van der Waals surface area contributed by atoms with Crippen LogP contribution in [0, 0.1) is 0 Å². The van der Waals surface area contributed by atoms with E-state index >= 15 is 0 Å². The van der Waals surface area contributed by atoms with E-state index in [0.717, 1.165) is 5.56 Å². The van der Waals surface area contributed by atoms with Crippen LogP contribution in [0.4, 0.5) is 0 Å². The number of hydrogen-bond acceptors (Lipinski definition) is 3. The summed E-state index contributed by atoms with van der Waals surface area (Å²) in [5.74, 6) is -0.110. The Kier molecular flexibility index (Phi) is 3.01. The van der Waals surface area contributed by atoms with Gasteiger partial charge in [0, 0.05) is 5.56 Å². The summed E-state index contributed by atoms with van der Waals surface area (Å²) in [6, 6.07) is 11.5. The molecule has 17 heavy (non-hydrogen) atoms. The summed E-state index contributed by atoms with van der Waals surface area (Å²) in [6.45, 7) is 0. The van der Waals surface area contributed by atoms with Gasteiger partial charge in [0.25, 0.3) is 0 Å². The van der Waals surface area contributed by atoms with Crippen LogP contribution < -0.4 is 0 Å². The topological polar surface area (TPSA) is 60.7 Å². The van der Waals surface area contributed by atoms with Gasteiger partial charge < -0.3 is 15.3 Å².